The molecule has 70 heavy (non-hydrogen) atoms. The van der Waals surface area contributed by atoms with Gasteiger partial charge in [0.25, 0.3) is 0 Å². The van der Waals surface area contributed by atoms with Crippen LogP contribution in [0.1, 0.15) is 120 Å². The molecule has 0 amide bonds. The lowest BCUT2D eigenvalue weighted by atomic mass is 9.88. The third kappa shape index (κ3) is 27.2. The summed E-state index contributed by atoms with van der Waals surface area (Å²) in [5.41, 5.74) is 1.82. The normalized spacial score (nSPS) is 14.5. The fourth-order valence-corrected chi connectivity index (χ4v) is 8.48. The molecule has 0 aliphatic carbocycles. The minimum atomic E-state index is -1.70. The van der Waals surface area contributed by atoms with Crippen molar-refractivity contribution in [2.75, 3.05) is 39.5 Å². The summed E-state index contributed by atoms with van der Waals surface area (Å²) in [6, 6.07) is 5.57. The zero-order valence-electron chi connectivity index (χ0n) is 42.4. The highest BCUT2D eigenvalue weighted by Gasteiger charge is 2.45. The maximum Gasteiger partial charge on any atom is 0.303 e. The van der Waals surface area contributed by atoms with Crippen molar-refractivity contribution >= 4 is 81.5 Å². The molecule has 8 atom stereocenters. The number of ether oxygens (including phenoxy) is 9. The smallest absolute Gasteiger partial charge is 0.303 e. The Morgan fingerprint density at radius 2 is 0.929 bits per heavy atom. The van der Waals surface area contributed by atoms with Crippen LogP contribution in [0.25, 0.3) is 0 Å². The predicted molar refractivity (Wildman–Crippen MR) is 256 cm³/mol. The fraction of sp³-hybridized carbons (Fsp3) is 0.667. The SMILES string of the molecule is CC(=O)OC[C@@H](C)[C@@H](OC(C)=O)[C@H](C)[C@H](CN(CCCCCCOc1ccc(CSC(C)=O)c(CSC(C)=O)c1)C[C@H](OC(C)=O)[C@@H](OC(C)=O)[C@H](OC(C)=O)[C@@H](COC(C)=O)OC(C)=O)OC(C)=O. The number of carbonyl (C=O) groups excluding carboxylic acids is 10. The Kier molecular flexibility index (Phi) is 29.9. The molecule has 1 aromatic carbocycles. The average molecular weight is 1030 g/mol. The summed E-state index contributed by atoms with van der Waals surface area (Å²) in [5.74, 6) is -6.03. The van der Waals surface area contributed by atoms with Gasteiger partial charge in [-0.05, 0) is 42.6 Å². The van der Waals surface area contributed by atoms with Crippen LogP contribution in [0.2, 0.25) is 0 Å². The summed E-state index contributed by atoms with van der Waals surface area (Å²) in [4.78, 5) is 125. The number of thioether (sulfide) groups is 2. The van der Waals surface area contributed by atoms with E-state index in [4.69, 9.17) is 42.6 Å². The largest absolute Gasteiger partial charge is 0.494 e. The number of unbranched alkanes of at least 4 members (excludes halogenated alkanes) is 3. The van der Waals surface area contributed by atoms with E-state index < -0.39 is 103 Å². The molecule has 0 heterocycles. The van der Waals surface area contributed by atoms with Gasteiger partial charge < -0.3 is 42.6 Å². The van der Waals surface area contributed by atoms with E-state index in [1.807, 2.05) is 18.2 Å². The van der Waals surface area contributed by atoms with Crippen LogP contribution in [0.15, 0.2) is 18.2 Å². The maximum atomic E-state index is 12.9. The molecule has 0 fully saturated rings. The molecule has 20 nitrogen and oxygen atoms in total. The van der Waals surface area contributed by atoms with Crippen LogP contribution < -0.4 is 4.74 Å². The van der Waals surface area contributed by atoms with Gasteiger partial charge in [0, 0.05) is 106 Å². The van der Waals surface area contributed by atoms with Gasteiger partial charge in [-0.2, -0.15) is 0 Å². The van der Waals surface area contributed by atoms with Crippen molar-refractivity contribution in [1.29, 1.82) is 0 Å². The van der Waals surface area contributed by atoms with E-state index in [9.17, 15) is 47.9 Å². The number of rotatable bonds is 32. The van der Waals surface area contributed by atoms with Gasteiger partial charge in [-0.15, -0.1) is 0 Å². The van der Waals surface area contributed by atoms with Crippen LogP contribution >= 0.6 is 23.5 Å². The van der Waals surface area contributed by atoms with Gasteiger partial charge in [-0.25, -0.2) is 0 Å². The summed E-state index contributed by atoms with van der Waals surface area (Å²) < 4.78 is 50.6. The molecule has 22 heteroatoms. The molecule has 0 bridgehead atoms. The topological polar surface area (TPSA) is 257 Å². The molecule has 394 valence electrons. The van der Waals surface area contributed by atoms with Crippen LogP contribution in [-0.2, 0) is 97.3 Å². The van der Waals surface area contributed by atoms with Crippen LogP contribution in [0.4, 0.5) is 0 Å². The minimum absolute atomic E-state index is 0.0198. The minimum Gasteiger partial charge on any atom is -0.494 e. The molecule has 0 aliphatic heterocycles. The van der Waals surface area contributed by atoms with Gasteiger partial charge in [0.15, 0.2) is 34.6 Å². The maximum absolute atomic E-state index is 12.9. The molecule has 0 N–H and O–H groups in total. The molecule has 0 saturated carbocycles. The van der Waals surface area contributed by atoms with E-state index in [1.54, 1.807) is 18.7 Å². The van der Waals surface area contributed by atoms with Crippen molar-refractivity contribution in [3.8, 4) is 5.75 Å². The molecule has 0 spiro atoms. The third-order valence-corrected chi connectivity index (χ3v) is 11.9. The Morgan fingerprint density at radius 1 is 0.486 bits per heavy atom. The van der Waals surface area contributed by atoms with E-state index >= 15 is 0 Å². The first-order chi connectivity index (χ1) is 32.8. The van der Waals surface area contributed by atoms with Gasteiger partial charge in [0.05, 0.1) is 13.2 Å². The molecular formula is C48H71NO19S2. The molecule has 1 rings (SSSR count). The zero-order chi connectivity index (χ0) is 53.1. The van der Waals surface area contributed by atoms with E-state index in [0.29, 0.717) is 49.5 Å². The summed E-state index contributed by atoms with van der Waals surface area (Å²) in [6.07, 6.45) is -5.98. The highest BCUT2D eigenvalue weighted by Crippen LogP contribution is 2.28. The van der Waals surface area contributed by atoms with Crippen molar-refractivity contribution < 1.29 is 90.6 Å². The van der Waals surface area contributed by atoms with Crippen molar-refractivity contribution in [3.05, 3.63) is 29.3 Å². The molecule has 0 aromatic heterocycles. The average Bonchev–Trinajstić information content (AvgIpc) is 3.24. The van der Waals surface area contributed by atoms with Gasteiger partial charge in [-0.1, -0.05) is 56.3 Å². The Bertz CT molecular complexity index is 1930. The standard InChI is InChI=1S/C48H71NO19S2/c1-28(24-61-30(3)50)46(66-35(8)55)29(2)43(63-32(5)52)22-49(19-15-13-14-16-20-60-42-18-17-40(26-69-38(11)58)41(21-42)27-70-39(12)59)23-44(64-33(6)53)47(67-36(9)56)48(68-37(10)57)45(65-34(7)54)25-62-31(4)51/h17-18,21,28-29,43-48H,13-16,19-20,22-27H2,1-12H3/t28-,29-,43+,44+,45-,46-,47-,48-/m1/s1. The second-order valence-electron chi connectivity index (χ2n) is 16.6. The van der Waals surface area contributed by atoms with Crippen LogP contribution in [0, 0.1) is 11.8 Å². The predicted octanol–water partition coefficient (Wildman–Crippen LogP) is 5.48. The van der Waals surface area contributed by atoms with Crippen molar-refractivity contribution in [2.45, 2.75) is 157 Å². The summed E-state index contributed by atoms with van der Waals surface area (Å²) >= 11 is 2.34. The van der Waals surface area contributed by atoms with E-state index in [1.165, 1.54) is 46.4 Å². The summed E-state index contributed by atoms with van der Waals surface area (Å²) in [7, 11) is 0. The highest BCUT2D eigenvalue weighted by atomic mass is 32.2. The molecule has 0 aliphatic rings. The second kappa shape index (κ2) is 33.4. The number of carbonyl (C=O) groups is 10. The Morgan fingerprint density at radius 3 is 1.44 bits per heavy atom. The molecule has 0 unspecified atom stereocenters. The quantitative estimate of drug-likeness (QED) is 0.0492. The van der Waals surface area contributed by atoms with E-state index in [-0.39, 0.29) is 36.5 Å². The van der Waals surface area contributed by atoms with Crippen molar-refractivity contribution in [1.82, 2.24) is 4.90 Å². The number of benzene rings is 1. The molecule has 0 radical (unpaired) electrons. The summed E-state index contributed by atoms with van der Waals surface area (Å²) in [5, 5.41) is -0.0569. The molecule has 1 aromatic rings. The molecule has 0 saturated heterocycles. The van der Waals surface area contributed by atoms with Crippen LogP contribution in [0.3, 0.4) is 0 Å². The lowest BCUT2D eigenvalue weighted by molar-refractivity contribution is -0.204. The molecular weight excluding hydrogens is 959 g/mol. The Balaban J connectivity index is 3.69. The third-order valence-electron chi connectivity index (χ3n) is 10.1. The van der Waals surface area contributed by atoms with Crippen LogP contribution in [0.5, 0.6) is 5.75 Å². The fourth-order valence-electron chi connectivity index (χ4n) is 7.21. The number of hydrogen-bond donors (Lipinski definition) is 0. The van der Waals surface area contributed by atoms with Gasteiger partial charge in [0.2, 0.25) is 0 Å². The van der Waals surface area contributed by atoms with Crippen molar-refractivity contribution in [2.24, 2.45) is 11.8 Å². The first-order valence-corrected chi connectivity index (χ1v) is 24.8. The lowest BCUT2D eigenvalue weighted by Gasteiger charge is -2.39. The monoisotopic (exact) mass is 1030 g/mol. The highest BCUT2D eigenvalue weighted by molar-refractivity contribution is 8.13. The van der Waals surface area contributed by atoms with Gasteiger partial charge in [0.1, 0.15) is 24.6 Å². The Labute approximate surface area is 418 Å². The van der Waals surface area contributed by atoms with Gasteiger partial charge in [-0.3, -0.25) is 52.8 Å². The number of esters is 8. The summed E-state index contributed by atoms with van der Waals surface area (Å²) in [6.45, 7) is 14.8. The van der Waals surface area contributed by atoms with E-state index in [2.05, 4.69) is 0 Å². The first-order valence-electron chi connectivity index (χ1n) is 22.8. The number of hydrogen-bond acceptors (Lipinski definition) is 22. The van der Waals surface area contributed by atoms with E-state index in [0.717, 1.165) is 57.5 Å². The van der Waals surface area contributed by atoms with Gasteiger partial charge >= 0.3 is 47.8 Å². The number of nitrogens with zero attached hydrogens (tertiary/aromatic N) is 1. The second-order valence-corrected chi connectivity index (χ2v) is 18.9. The zero-order valence-corrected chi connectivity index (χ0v) is 44.0. The Hall–Kier alpha value is -5.22. The van der Waals surface area contributed by atoms with Crippen molar-refractivity contribution in [3.63, 3.8) is 0 Å². The first kappa shape index (κ1) is 62.8. The van der Waals surface area contributed by atoms with Crippen LogP contribution in [-0.4, -0.2) is 139 Å². The lowest BCUT2D eigenvalue weighted by Crippen LogP contribution is -2.56.